The van der Waals surface area contributed by atoms with Crippen molar-refractivity contribution in [3.05, 3.63) is 5.21 Å². The SMILES string of the molecule is CCCCCCCCCCCC(=O)NCCC[N+](C)(C)[O-].CCCCCCCCCCCC[N+](C)(C)C[O-]. The molecule has 0 aromatic heterocycles. The van der Waals surface area contributed by atoms with Crippen LogP contribution in [0.2, 0.25) is 0 Å². The Hall–Kier alpha value is -0.690. The van der Waals surface area contributed by atoms with Gasteiger partial charge in [0.15, 0.2) is 0 Å². The smallest absolute Gasteiger partial charge is 0.219 e. The number of hydrogen-bond acceptors (Lipinski definition) is 3. The zero-order valence-corrected chi connectivity index (χ0v) is 26.8. The molecule has 0 saturated heterocycles. The lowest BCUT2D eigenvalue weighted by molar-refractivity contribution is -0.951. The molecule has 0 aromatic carbocycles. The van der Waals surface area contributed by atoms with Crippen molar-refractivity contribution in [3.63, 3.8) is 0 Å². The van der Waals surface area contributed by atoms with Gasteiger partial charge in [-0.1, -0.05) is 117 Å². The van der Waals surface area contributed by atoms with Crippen LogP contribution in [0.4, 0.5) is 0 Å². The van der Waals surface area contributed by atoms with Crippen molar-refractivity contribution < 1.29 is 19.0 Å². The first-order chi connectivity index (χ1) is 18.1. The maximum Gasteiger partial charge on any atom is 0.219 e. The summed E-state index contributed by atoms with van der Waals surface area (Å²) >= 11 is 0. The van der Waals surface area contributed by atoms with Crippen molar-refractivity contribution in [1.82, 2.24) is 5.32 Å². The molecule has 0 atom stereocenters. The highest BCUT2D eigenvalue weighted by atomic mass is 16.5. The van der Waals surface area contributed by atoms with Crippen molar-refractivity contribution in [3.8, 4) is 0 Å². The third-order valence-electron chi connectivity index (χ3n) is 7.17. The Bertz CT molecular complexity index is 493. The summed E-state index contributed by atoms with van der Waals surface area (Å²) in [5, 5.41) is 25.0. The van der Waals surface area contributed by atoms with E-state index in [0.717, 1.165) is 25.8 Å². The minimum Gasteiger partial charge on any atom is -0.809 e. The van der Waals surface area contributed by atoms with Gasteiger partial charge in [-0.2, -0.15) is 0 Å². The van der Waals surface area contributed by atoms with Crippen LogP contribution in [0.1, 0.15) is 149 Å². The van der Waals surface area contributed by atoms with Crippen LogP contribution in [0.5, 0.6) is 0 Å². The van der Waals surface area contributed by atoms with Crippen LogP contribution in [0.3, 0.4) is 0 Å². The number of carbonyl (C=O) groups excluding carboxylic acids is 1. The van der Waals surface area contributed by atoms with E-state index in [2.05, 4.69) is 19.2 Å². The minimum atomic E-state index is -0.284. The van der Waals surface area contributed by atoms with E-state index in [1.165, 1.54) is 109 Å². The number of unbranched alkanes of at least 4 members (excludes halogenated alkanes) is 17. The van der Waals surface area contributed by atoms with Gasteiger partial charge in [0.25, 0.3) is 0 Å². The first kappa shape index (κ1) is 39.5. The molecule has 6 nitrogen and oxygen atoms in total. The number of amides is 1. The molecule has 0 fully saturated rings. The summed E-state index contributed by atoms with van der Waals surface area (Å²) in [4.78, 5) is 11.6. The van der Waals surface area contributed by atoms with Gasteiger partial charge in [-0.3, -0.25) is 4.79 Å². The number of carbonyl (C=O) groups is 1. The normalized spacial score (nSPS) is 11.8. The minimum absolute atomic E-state index is 0.0113. The zero-order chi connectivity index (χ0) is 29.0. The van der Waals surface area contributed by atoms with Crippen LogP contribution in [0.15, 0.2) is 0 Å². The Labute approximate surface area is 238 Å². The molecule has 0 aromatic rings. The second-order valence-electron chi connectivity index (χ2n) is 12.5. The molecule has 1 N–H and O–H groups in total. The van der Waals surface area contributed by atoms with Gasteiger partial charge in [0.1, 0.15) is 0 Å². The lowest BCUT2D eigenvalue weighted by atomic mass is 10.1. The van der Waals surface area contributed by atoms with Gasteiger partial charge in [-0.05, 0) is 19.3 Å². The monoisotopic (exact) mass is 544 g/mol. The standard InChI is InChI=1S/C17H36N2O2.C15H33NO/c1-4-5-6-7-8-9-10-11-12-14-17(20)18-15-13-16-19(2,3)21;1-4-5-6-7-8-9-10-11-12-13-14-16(2,3)15-17/h4-16H2,1-3H3,(H,18,20);4-15H2,1-3H3. The molecule has 0 saturated carbocycles. The van der Waals surface area contributed by atoms with Crippen molar-refractivity contribution in [2.45, 2.75) is 149 Å². The molecule has 0 bridgehead atoms. The van der Waals surface area contributed by atoms with Gasteiger partial charge >= 0.3 is 0 Å². The molecule has 6 heteroatoms. The summed E-state index contributed by atoms with van der Waals surface area (Å²) in [5.74, 6) is 0.133. The summed E-state index contributed by atoms with van der Waals surface area (Å²) in [6, 6.07) is 0. The second kappa shape index (κ2) is 27.9. The Kier molecular flexibility index (Phi) is 28.9. The molecule has 0 spiro atoms. The van der Waals surface area contributed by atoms with Gasteiger partial charge in [-0.15, -0.1) is 0 Å². The molecule has 0 rings (SSSR count). The maximum absolute atomic E-state index is 11.6. The van der Waals surface area contributed by atoms with Crippen LogP contribution in [0.25, 0.3) is 0 Å². The average Bonchev–Trinajstić information content (AvgIpc) is 2.86. The van der Waals surface area contributed by atoms with Gasteiger partial charge in [-0.25, -0.2) is 0 Å². The predicted octanol–water partition coefficient (Wildman–Crippen LogP) is 7.29. The molecular weight excluding hydrogens is 474 g/mol. The molecule has 38 heavy (non-hydrogen) atoms. The fourth-order valence-electron chi connectivity index (χ4n) is 4.46. The Morgan fingerprint density at radius 2 is 0.974 bits per heavy atom. The highest BCUT2D eigenvalue weighted by Crippen LogP contribution is 2.12. The van der Waals surface area contributed by atoms with Gasteiger partial charge < -0.3 is 24.8 Å². The maximum atomic E-state index is 11.6. The van der Waals surface area contributed by atoms with Crippen LogP contribution in [-0.2, 0) is 4.79 Å². The zero-order valence-electron chi connectivity index (χ0n) is 26.8. The van der Waals surface area contributed by atoms with E-state index in [1.807, 2.05) is 14.1 Å². The number of hydroxylamine groups is 3. The second-order valence-corrected chi connectivity index (χ2v) is 12.5. The van der Waals surface area contributed by atoms with E-state index in [9.17, 15) is 15.1 Å². The number of nitrogens with one attached hydrogen (secondary N) is 1. The van der Waals surface area contributed by atoms with Crippen molar-refractivity contribution in [2.75, 3.05) is 54.6 Å². The summed E-state index contributed by atoms with van der Waals surface area (Å²) in [7, 11) is 7.32. The Morgan fingerprint density at radius 1 is 0.579 bits per heavy atom. The molecule has 0 heterocycles. The third kappa shape index (κ3) is 35.3. The van der Waals surface area contributed by atoms with Crippen molar-refractivity contribution in [1.29, 1.82) is 0 Å². The van der Waals surface area contributed by atoms with Gasteiger partial charge in [0.2, 0.25) is 5.91 Å². The van der Waals surface area contributed by atoms with E-state index in [0.29, 0.717) is 24.0 Å². The molecule has 1 amide bonds. The van der Waals surface area contributed by atoms with E-state index in [1.54, 1.807) is 14.1 Å². The summed E-state index contributed by atoms with van der Waals surface area (Å²) in [5.41, 5.74) is 0. The molecule has 230 valence electrons. The molecule has 0 aliphatic carbocycles. The van der Waals surface area contributed by atoms with Gasteiger partial charge in [0, 0.05) is 26.1 Å². The first-order valence-corrected chi connectivity index (χ1v) is 16.3. The Balaban J connectivity index is 0. The fourth-order valence-corrected chi connectivity index (χ4v) is 4.46. The molecule has 0 unspecified atom stereocenters. The van der Waals surface area contributed by atoms with Crippen molar-refractivity contribution in [2.24, 2.45) is 0 Å². The molecule has 0 aliphatic heterocycles. The summed E-state index contributed by atoms with van der Waals surface area (Å²) < 4.78 is 0.352. The number of hydrogen-bond donors (Lipinski definition) is 1. The van der Waals surface area contributed by atoms with Crippen LogP contribution >= 0.6 is 0 Å². The number of nitrogens with zero attached hydrogens (tertiary/aromatic N) is 2. The average molecular weight is 544 g/mol. The Morgan fingerprint density at radius 3 is 1.37 bits per heavy atom. The van der Waals surface area contributed by atoms with E-state index >= 15 is 0 Å². The highest BCUT2D eigenvalue weighted by molar-refractivity contribution is 5.75. The van der Waals surface area contributed by atoms with E-state index < -0.39 is 0 Å². The fraction of sp³-hybridized carbons (Fsp3) is 0.969. The van der Waals surface area contributed by atoms with E-state index in [-0.39, 0.29) is 17.3 Å². The topological polar surface area (TPSA) is 75.2 Å². The van der Waals surface area contributed by atoms with E-state index in [4.69, 9.17) is 0 Å². The summed E-state index contributed by atoms with van der Waals surface area (Å²) in [6.45, 7) is 6.74. The quantitative estimate of drug-likeness (QED) is 0.0539. The van der Waals surface area contributed by atoms with Gasteiger partial charge in [0.05, 0.1) is 41.3 Å². The van der Waals surface area contributed by atoms with Crippen LogP contribution in [-0.4, -0.2) is 69.6 Å². The molecule has 0 aliphatic rings. The number of rotatable bonds is 26. The molecular formula is C32H69N3O3. The third-order valence-corrected chi connectivity index (χ3v) is 7.17. The lowest BCUT2D eigenvalue weighted by Gasteiger charge is -2.33. The van der Waals surface area contributed by atoms with Crippen LogP contribution < -0.4 is 10.4 Å². The largest absolute Gasteiger partial charge is 0.809 e. The first-order valence-electron chi connectivity index (χ1n) is 16.3. The highest BCUT2D eigenvalue weighted by Gasteiger charge is 2.07. The lowest BCUT2D eigenvalue weighted by Crippen LogP contribution is -2.46. The molecule has 0 radical (unpaired) electrons. The predicted molar refractivity (Wildman–Crippen MR) is 163 cm³/mol. The van der Waals surface area contributed by atoms with Crippen molar-refractivity contribution >= 4 is 5.91 Å². The summed E-state index contributed by atoms with van der Waals surface area (Å²) in [6.07, 6.45) is 26.5. The number of quaternary nitrogens is 2. The van der Waals surface area contributed by atoms with Crippen LogP contribution in [0, 0.1) is 5.21 Å².